The van der Waals surface area contributed by atoms with Gasteiger partial charge in [0.25, 0.3) is 0 Å². The zero-order valence-corrected chi connectivity index (χ0v) is 10.6. The summed E-state index contributed by atoms with van der Waals surface area (Å²) in [5.41, 5.74) is 3.64. The van der Waals surface area contributed by atoms with E-state index in [2.05, 4.69) is 43.4 Å². The summed E-state index contributed by atoms with van der Waals surface area (Å²) in [6.07, 6.45) is 5.33. The first-order valence-corrected chi connectivity index (χ1v) is 5.66. The first-order valence-electron chi connectivity index (χ1n) is 5.66. The molecule has 88 valence electrons. The summed E-state index contributed by atoms with van der Waals surface area (Å²) in [7, 11) is 3.69. The lowest BCUT2D eigenvalue weighted by molar-refractivity contribution is 0.410. The van der Waals surface area contributed by atoms with Crippen LogP contribution in [0.1, 0.15) is 23.1 Å². The third kappa shape index (κ3) is 3.11. The highest BCUT2D eigenvalue weighted by Gasteiger charge is 2.05. The van der Waals surface area contributed by atoms with Crippen LogP contribution >= 0.6 is 0 Å². The molecule has 0 unspecified atom stereocenters. The molecule has 0 aliphatic rings. The molecule has 0 radical (unpaired) electrons. The number of aryl methyl sites for hydroxylation is 1. The number of nitrogens with one attached hydrogen (secondary N) is 1. The fraction of sp³-hybridized carbons (Fsp3) is 0.429. The van der Waals surface area contributed by atoms with Crippen molar-refractivity contribution in [2.75, 3.05) is 20.7 Å². The van der Waals surface area contributed by atoms with E-state index in [9.17, 15) is 0 Å². The fourth-order valence-corrected chi connectivity index (χ4v) is 1.65. The predicted molar refractivity (Wildman–Crippen MR) is 70.0 cm³/mol. The average Bonchev–Trinajstić information content (AvgIpc) is 2.29. The molecule has 0 aliphatic carbocycles. The molecule has 0 aliphatic heterocycles. The van der Waals surface area contributed by atoms with E-state index in [1.165, 1.54) is 11.1 Å². The third-order valence-electron chi connectivity index (χ3n) is 2.77. The maximum Gasteiger partial charge on any atom is 0.129 e. The number of benzene rings is 1. The van der Waals surface area contributed by atoms with Crippen molar-refractivity contribution in [3.05, 3.63) is 34.9 Å². The summed E-state index contributed by atoms with van der Waals surface area (Å²) in [4.78, 5) is 0. The molecule has 16 heavy (non-hydrogen) atoms. The van der Waals surface area contributed by atoms with Crippen LogP contribution in [0, 0.1) is 13.8 Å². The molecule has 0 fully saturated rings. The first-order chi connectivity index (χ1) is 7.70. The third-order valence-corrected chi connectivity index (χ3v) is 2.77. The molecular weight excluding hydrogens is 198 g/mol. The summed E-state index contributed by atoms with van der Waals surface area (Å²) in [5.74, 6) is 0.987. The highest BCUT2D eigenvalue weighted by atomic mass is 16.5. The van der Waals surface area contributed by atoms with Crippen LogP contribution in [-0.4, -0.2) is 20.7 Å². The van der Waals surface area contributed by atoms with Crippen molar-refractivity contribution >= 4 is 6.08 Å². The van der Waals surface area contributed by atoms with Crippen molar-refractivity contribution in [1.82, 2.24) is 5.32 Å². The Kier molecular flexibility index (Phi) is 5.06. The van der Waals surface area contributed by atoms with E-state index in [0.717, 1.165) is 24.3 Å². The van der Waals surface area contributed by atoms with Gasteiger partial charge in [0.2, 0.25) is 0 Å². The minimum atomic E-state index is 0.987. The second-order valence-corrected chi connectivity index (χ2v) is 3.92. The van der Waals surface area contributed by atoms with Crippen molar-refractivity contribution in [2.45, 2.75) is 20.3 Å². The molecule has 0 atom stereocenters. The lowest BCUT2D eigenvalue weighted by atomic mass is 10.0. The standard InChI is InChI=1S/C14H21NO/c1-11-8-9-13(7-5-6-10-15-3)14(16-4)12(11)2/h5,7-9,15H,6,10H2,1-4H3/b7-5+. The molecule has 0 aromatic heterocycles. The average molecular weight is 219 g/mol. The summed E-state index contributed by atoms with van der Waals surface area (Å²) >= 11 is 0. The Morgan fingerprint density at radius 1 is 1.31 bits per heavy atom. The van der Waals surface area contributed by atoms with Gasteiger partial charge in [-0.25, -0.2) is 0 Å². The minimum absolute atomic E-state index is 0.987. The number of methoxy groups -OCH3 is 1. The molecule has 1 rings (SSSR count). The number of rotatable bonds is 5. The van der Waals surface area contributed by atoms with Crippen molar-refractivity contribution in [2.24, 2.45) is 0 Å². The minimum Gasteiger partial charge on any atom is -0.496 e. The Bertz CT molecular complexity index is 369. The van der Waals surface area contributed by atoms with E-state index >= 15 is 0 Å². The molecule has 0 spiro atoms. The van der Waals surface area contributed by atoms with Gasteiger partial charge in [-0.05, 0) is 45.0 Å². The maximum atomic E-state index is 5.45. The summed E-state index contributed by atoms with van der Waals surface area (Å²) in [6, 6.07) is 4.24. The van der Waals surface area contributed by atoms with Gasteiger partial charge in [0.15, 0.2) is 0 Å². The Hall–Kier alpha value is -1.28. The summed E-state index contributed by atoms with van der Waals surface area (Å²) in [5, 5.41) is 3.12. The molecule has 1 aromatic carbocycles. The van der Waals surface area contributed by atoms with Crippen LogP contribution in [0.15, 0.2) is 18.2 Å². The number of hydrogen-bond acceptors (Lipinski definition) is 2. The molecule has 0 saturated heterocycles. The summed E-state index contributed by atoms with van der Waals surface area (Å²) in [6.45, 7) is 5.20. The molecule has 0 bridgehead atoms. The van der Waals surface area contributed by atoms with E-state index in [1.807, 2.05) is 7.05 Å². The molecule has 1 N–H and O–H groups in total. The van der Waals surface area contributed by atoms with Crippen molar-refractivity contribution in [3.8, 4) is 5.75 Å². The second kappa shape index (κ2) is 6.33. The van der Waals surface area contributed by atoms with E-state index in [1.54, 1.807) is 7.11 Å². The van der Waals surface area contributed by atoms with Gasteiger partial charge in [-0.2, -0.15) is 0 Å². The Labute approximate surface area is 98.3 Å². The zero-order valence-electron chi connectivity index (χ0n) is 10.6. The molecule has 2 heteroatoms. The zero-order chi connectivity index (χ0) is 12.0. The van der Waals surface area contributed by atoms with Crippen LogP contribution in [0.25, 0.3) is 6.08 Å². The van der Waals surface area contributed by atoms with Gasteiger partial charge in [0.1, 0.15) is 5.75 Å². The van der Waals surface area contributed by atoms with Gasteiger partial charge in [-0.1, -0.05) is 24.3 Å². The van der Waals surface area contributed by atoms with Gasteiger partial charge in [0.05, 0.1) is 7.11 Å². The van der Waals surface area contributed by atoms with Gasteiger partial charge < -0.3 is 10.1 Å². The van der Waals surface area contributed by atoms with E-state index < -0.39 is 0 Å². The topological polar surface area (TPSA) is 21.3 Å². The quantitative estimate of drug-likeness (QED) is 0.769. The lowest BCUT2D eigenvalue weighted by Crippen LogP contribution is -2.05. The van der Waals surface area contributed by atoms with Crippen LogP contribution in [0.5, 0.6) is 5.75 Å². The molecule has 0 saturated carbocycles. The van der Waals surface area contributed by atoms with Crippen molar-refractivity contribution < 1.29 is 4.74 Å². The summed E-state index contributed by atoms with van der Waals surface area (Å²) < 4.78 is 5.45. The van der Waals surface area contributed by atoms with Gasteiger partial charge >= 0.3 is 0 Å². The SMILES string of the molecule is CNCC/C=C/c1ccc(C)c(C)c1OC. The van der Waals surface area contributed by atoms with Crippen molar-refractivity contribution in [3.63, 3.8) is 0 Å². The molecule has 2 nitrogen and oxygen atoms in total. The van der Waals surface area contributed by atoms with Crippen LogP contribution in [0.3, 0.4) is 0 Å². The Morgan fingerprint density at radius 3 is 2.69 bits per heavy atom. The Balaban J connectivity index is 2.87. The molecule has 0 amide bonds. The van der Waals surface area contributed by atoms with E-state index in [4.69, 9.17) is 4.74 Å². The highest BCUT2D eigenvalue weighted by molar-refractivity contribution is 5.61. The van der Waals surface area contributed by atoms with Crippen LogP contribution in [0.4, 0.5) is 0 Å². The first kappa shape index (κ1) is 12.8. The lowest BCUT2D eigenvalue weighted by Gasteiger charge is -2.10. The maximum absolute atomic E-state index is 5.45. The van der Waals surface area contributed by atoms with Crippen LogP contribution in [0.2, 0.25) is 0 Å². The van der Waals surface area contributed by atoms with Gasteiger partial charge in [0, 0.05) is 5.56 Å². The molecule has 1 aromatic rings. The molecule has 0 heterocycles. The van der Waals surface area contributed by atoms with E-state index in [0.29, 0.717) is 0 Å². The van der Waals surface area contributed by atoms with Crippen LogP contribution in [-0.2, 0) is 0 Å². The second-order valence-electron chi connectivity index (χ2n) is 3.92. The largest absolute Gasteiger partial charge is 0.496 e. The van der Waals surface area contributed by atoms with Gasteiger partial charge in [-0.15, -0.1) is 0 Å². The number of ether oxygens (including phenoxy) is 1. The fourth-order valence-electron chi connectivity index (χ4n) is 1.65. The normalized spacial score (nSPS) is 11.0. The predicted octanol–water partition coefficient (Wildman–Crippen LogP) is 2.93. The smallest absolute Gasteiger partial charge is 0.129 e. The highest BCUT2D eigenvalue weighted by Crippen LogP contribution is 2.27. The Morgan fingerprint density at radius 2 is 2.06 bits per heavy atom. The number of hydrogen-bond donors (Lipinski definition) is 1. The van der Waals surface area contributed by atoms with E-state index in [-0.39, 0.29) is 0 Å². The molecular formula is C14H21NO. The van der Waals surface area contributed by atoms with Crippen molar-refractivity contribution in [1.29, 1.82) is 0 Å². The van der Waals surface area contributed by atoms with Gasteiger partial charge in [-0.3, -0.25) is 0 Å². The van der Waals surface area contributed by atoms with Crippen LogP contribution < -0.4 is 10.1 Å². The monoisotopic (exact) mass is 219 g/mol.